The highest BCUT2D eigenvalue weighted by atomic mass is 16.4. The number of carbonyl (C=O) groups excluding carboxylic acids is 11. The molecule has 1 aromatic rings. The molecule has 1 aromatic carbocycles. The van der Waals surface area contributed by atoms with Crippen LogP contribution < -0.4 is 48.3 Å². The molecule has 2 saturated heterocycles. The molecule has 33 heteroatoms. The number of nitrogens with one attached hydrogen (secondary N) is 8. The smallest absolute Gasteiger partial charge is 0.303 e. The van der Waals surface area contributed by atoms with E-state index in [1.807, 2.05) is 0 Å². The third kappa shape index (κ3) is 25.2. The Morgan fingerprint density at radius 3 is 1.43 bits per heavy atom. The monoisotopic (exact) mass is 1330 g/mol. The van der Waals surface area contributed by atoms with E-state index in [0.717, 1.165) is 29.1 Å². The van der Waals surface area contributed by atoms with Gasteiger partial charge in [0.05, 0.1) is 6.42 Å². The molecule has 3 fully saturated rings. The van der Waals surface area contributed by atoms with E-state index in [9.17, 15) is 97.1 Å². The molecular formula is C61H89N11O22. The van der Waals surface area contributed by atoms with Crippen LogP contribution in [0.1, 0.15) is 161 Å². The molecule has 1 saturated carbocycles. The lowest BCUT2D eigenvalue weighted by Crippen LogP contribution is -2.61. The number of amides is 11. The van der Waals surface area contributed by atoms with Gasteiger partial charge in [0.25, 0.3) is 0 Å². The number of carboxylic acid groups (broad SMARTS) is 5. The van der Waals surface area contributed by atoms with Crippen molar-refractivity contribution >= 4 is 94.8 Å². The summed E-state index contributed by atoms with van der Waals surface area (Å²) in [5.41, 5.74) is 5.87. The number of phenolic OH excluding ortho intramolecular Hbond substituents is 1. The third-order valence-corrected chi connectivity index (χ3v) is 16.9. The summed E-state index contributed by atoms with van der Waals surface area (Å²) in [4.78, 5) is 213. The van der Waals surface area contributed by atoms with Crippen molar-refractivity contribution < 1.29 is 107 Å². The predicted octanol–water partition coefficient (Wildman–Crippen LogP) is -1.36. The lowest BCUT2D eigenvalue weighted by molar-refractivity contribution is -0.146. The van der Waals surface area contributed by atoms with Crippen LogP contribution in [0.25, 0.3) is 0 Å². The lowest BCUT2D eigenvalue weighted by Gasteiger charge is -2.34. The summed E-state index contributed by atoms with van der Waals surface area (Å²) >= 11 is 0. The van der Waals surface area contributed by atoms with Gasteiger partial charge in [0.15, 0.2) is 0 Å². The molecule has 11 amide bonds. The minimum Gasteiger partial charge on any atom is -0.508 e. The quantitative estimate of drug-likeness (QED) is 0.0362. The van der Waals surface area contributed by atoms with Crippen LogP contribution in [0.4, 0.5) is 0 Å². The fourth-order valence-electron chi connectivity index (χ4n) is 11.4. The van der Waals surface area contributed by atoms with Crippen molar-refractivity contribution in [1.29, 1.82) is 0 Å². The summed E-state index contributed by atoms with van der Waals surface area (Å²) in [5, 5.41) is 76.9. The van der Waals surface area contributed by atoms with Gasteiger partial charge in [0.1, 0.15) is 66.2 Å². The summed E-state index contributed by atoms with van der Waals surface area (Å²) < 4.78 is 0. The first-order chi connectivity index (χ1) is 44.4. The Labute approximate surface area is 541 Å². The van der Waals surface area contributed by atoms with Crippen LogP contribution in [0.5, 0.6) is 5.75 Å². The van der Waals surface area contributed by atoms with Crippen molar-refractivity contribution in [2.75, 3.05) is 13.1 Å². The first kappa shape index (κ1) is 77.0. The summed E-state index contributed by atoms with van der Waals surface area (Å²) in [7, 11) is 0. The zero-order valence-electron chi connectivity index (χ0n) is 52.9. The molecule has 94 heavy (non-hydrogen) atoms. The molecule has 3 aliphatic rings. The number of carboxylic acids is 5. The van der Waals surface area contributed by atoms with Crippen LogP contribution in [-0.4, -0.2) is 209 Å². The highest BCUT2D eigenvalue weighted by molar-refractivity contribution is 6.00. The number of phenols is 1. The molecule has 520 valence electrons. The number of carbonyl (C=O) groups is 16. The number of nitrogens with two attached hydrogens (primary N) is 1. The van der Waals surface area contributed by atoms with Crippen molar-refractivity contribution in [2.24, 2.45) is 17.6 Å². The predicted molar refractivity (Wildman–Crippen MR) is 327 cm³/mol. The lowest BCUT2D eigenvalue weighted by atomic mass is 9.84. The molecule has 2 aliphatic heterocycles. The Balaban J connectivity index is 1.52. The molecule has 11 atom stereocenters. The van der Waals surface area contributed by atoms with Crippen LogP contribution >= 0.6 is 0 Å². The Hall–Kier alpha value is -9.46. The normalized spacial score (nSPS) is 18.3. The van der Waals surface area contributed by atoms with Gasteiger partial charge in [-0.25, -0.2) is 0 Å². The van der Waals surface area contributed by atoms with Gasteiger partial charge in [0, 0.05) is 51.6 Å². The summed E-state index contributed by atoms with van der Waals surface area (Å²) in [6.45, 7) is 4.47. The number of benzene rings is 1. The molecule has 0 bridgehead atoms. The second-order valence-corrected chi connectivity index (χ2v) is 24.0. The number of likely N-dealkylation sites (tertiary alicyclic amines) is 2. The highest BCUT2D eigenvalue weighted by Crippen LogP contribution is 2.28. The maximum absolute atomic E-state index is 14.7. The number of hydrogen-bond donors (Lipinski definition) is 15. The fraction of sp³-hybridized carbons (Fsp3) is 0.639. The molecule has 0 radical (unpaired) electrons. The van der Waals surface area contributed by atoms with E-state index < -0.39 is 219 Å². The number of hydrogen-bond acceptors (Lipinski definition) is 17. The van der Waals surface area contributed by atoms with E-state index in [2.05, 4.69) is 42.5 Å². The van der Waals surface area contributed by atoms with Crippen LogP contribution in [-0.2, 0) is 83.1 Å². The van der Waals surface area contributed by atoms with Crippen LogP contribution in [0, 0.1) is 11.8 Å². The molecule has 16 N–H and O–H groups in total. The number of rotatable bonds is 39. The minimum atomic E-state index is -1.74. The van der Waals surface area contributed by atoms with Crippen molar-refractivity contribution in [3.63, 3.8) is 0 Å². The molecule has 4 rings (SSSR count). The van der Waals surface area contributed by atoms with Gasteiger partial charge in [0.2, 0.25) is 65.0 Å². The van der Waals surface area contributed by atoms with Crippen LogP contribution in [0.2, 0.25) is 0 Å². The first-order valence-electron chi connectivity index (χ1n) is 31.6. The first-order valence-corrected chi connectivity index (χ1v) is 31.6. The Morgan fingerprint density at radius 1 is 0.468 bits per heavy atom. The Bertz CT molecular complexity index is 2920. The van der Waals surface area contributed by atoms with Gasteiger partial charge < -0.3 is 88.7 Å². The molecule has 1 aliphatic carbocycles. The van der Waals surface area contributed by atoms with Gasteiger partial charge in [-0.15, -0.1) is 0 Å². The van der Waals surface area contributed by atoms with Crippen molar-refractivity contribution in [1.82, 2.24) is 52.3 Å². The van der Waals surface area contributed by atoms with E-state index in [4.69, 9.17) is 15.9 Å². The van der Waals surface area contributed by atoms with Gasteiger partial charge in [-0.2, -0.15) is 0 Å². The molecule has 0 unspecified atom stereocenters. The van der Waals surface area contributed by atoms with Crippen molar-refractivity contribution in [3.8, 4) is 5.75 Å². The van der Waals surface area contributed by atoms with Gasteiger partial charge in [-0.3, -0.25) is 76.7 Å². The zero-order valence-corrected chi connectivity index (χ0v) is 52.9. The average molecular weight is 1330 g/mol. The summed E-state index contributed by atoms with van der Waals surface area (Å²) in [5.74, 6) is -17.8. The maximum atomic E-state index is 14.7. The Morgan fingerprint density at radius 2 is 0.904 bits per heavy atom. The minimum absolute atomic E-state index is 0.00536. The molecule has 33 nitrogen and oxygen atoms in total. The zero-order chi connectivity index (χ0) is 69.9. The van der Waals surface area contributed by atoms with E-state index in [1.165, 1.54) is 31.2 Å². The van der Waals surface area contributed by atoms with Gasteiger partial charge in [-0.1, -0.05) is 64.5 Å². The van der Waals surface area contributed by atoms with E-state index >= 15 is 0 Å². The number of aliphatic carboxylic acids is 5. The number of primary amides is 1. The number of nitrogens with zero attached hydrogens (tertiary/aromatic N) is 2. The SMILES string of the molecule is CC[C@H](C)[C@H](NC(=O)[C@@H]1CCCN1C(=O)[C@H](CCC(=O)O)NC(=O)[C@H](Cc1ccc(O)cc1)NC(=O)CCC(=O)O)C(=O)N1CCC[C@H]1C(=O)N[C@@H](CCC(=O)O)C(=O)N[C@@H](CCC(=O)O)C(=O)N[C@@H](C)C(=O)N[C@@H](CC1CCCCC1)C(=O)N[C@@H](CCC(=O)O)C(N)=O. The third-order valence-electron chi connectivity index (χ3n) is 16.9. The van der Waals surface area contributed by atoms with Crippen molar-refractivity contribution in [2.45, 2.75) is 222 Å². The average Bonchev–Trinajstić information content (AvgIpc) is 1.60. The van der Waals surface area contributed by atoms with E-state index in [1.54, 1.807) is 13.8 Å². The molecule has 2 heterocycles. The standard InChI is InChI=1S/C61H89N11O22/c1-4-32(2)51(70-59(92)44-13-8-28-71(44)60(93)40(21-26-49(81)82)68-56(89)41(64-45(74)22-27-50(83)84)31-35-14-16-36(73)17-15-35)61(94)72-29-9-12-43(72)58(91)67-39(20-25-48(79)80)55(88)66-38(19-24-47(77)78)54(87)63-33(3)53(86)69-42(30-34-10-6-5-7-11-34)57(90)65-37(52(62)85)18-23-46(75)76/h14-17,32-34,37-44,51,73H,4-13,18-31H2,1-3H3,(H2,62,85)(H,63,87)(H,64,74)(H,65,90)(H,66,88)(H,67,91)(H,68,89)(H,69,86)(H,70,92)(H,75,76)(H,77,78)(H,79,80)(H,81,82)(H,83,84)/t32-,33-,37-,38-,39-,40-,41-,42-,43-,44-,51-/m0/s1. The second kappa shape index (κ2) is 37.9. The fourth-order valence-corrected chi connectivity index (χ4v) is 11.4. The summed E-state index contributed by atoms with van der Waals surface area (Å²) in [6, 6.07) is -9.13. The maximum Gasteiger partial charge on any atom is 0.303 e. The van der Waals surface area contributed by atoms with Gasteiger partial charge >= 0.3 is 29.8 Å². The van der Waals surface area contributed by atoms with Crippen LogP contribution in [0.15, 0.2) is 24.3 Å². The van der Waals surface area contributed by atoms with Gasteiger partial charge in [-0.05, 0) is 94.2 Å². The molecular weight excluding hydrogens is 1240 g/mol. The topological polar surface area (TPSA) is 523 Å². The van der Waals surface area contributed by atoms with E-state index in [-0.39, 0.29) is 76.1 Å². The Kier molecular flexibility index (Phi) is 31.0. The molecule has 0 aromatic heterocycles. The molecule has 0 spiro atoms. The van der Waals surface area contributed by atoms with Crippen LogP contribution in [0.3, 0.4) is 0 Å². The summed E-state index contributed by atoms with van der Waals surface area (Å²) in [6.07, 6.45) is -0.971. The second-order valence-electron chi connectivity index (χ2n) is 24.0. The highest BCUT2D eigenvalue weighted by Gasteiger charge is 2.44. The van der Waals surface area contributed by atoms with E-state index in [0.29, 0.717) is 18.4 Å². The largest absolute Gasteiger partial charge is 0.508 e. The number of aromatic hydroxyl groups is 1. The van der Waals surface area contributed by atoms with Crippen molar-refractivity contribution in [3.05, 3.63) is 29.8 Å².